The van der Waals surface area contributed by atoms with Crippen LogP contribution in [0.4, 0.5) is 0 Å². The lowest BCUT2D eigenvalue weighted by molar-refractivity contribution is -0.147. The second-order valence-electron chi connectivity index (χ2n) is 5.07. The number of esters is 1. The summed E-state index contributed by atoms with van der Waals surface area (Å²) in [6.07, 6.45) is 3.84. The predicted octanol–water partition coefficient (Wildman–Crippen LogP) is 2.43. The van der Waals surface area contributed by atoms with Gasteiger partial charge in [-0.1, -0.05) is 6.58 Å². The minimum Gasteiger partial charge on any atom is -0.459 e. The highest BCUT2D eigenvalue weighted by Crippen LogP contribution is 2.50. The van der Waals surface area contributed by atoms with Crippen LogP contribution in [0.5, 0.6) is 0 Å². The standard InChI is InChI=1S/C13H17NO2/c1-8(2)13(15)16-12-7-10-6-11(12)5-9(10)3-4-14/h9-12H,1,3,5-7H2,2H3. The molecule has 4 unspecified atom stereocenters. The van der Waals surface area contributed by atoms with Crippen molar-refractivity contribution in [3.63, 3.8) is 0 Å². The van der Waals surface area contributed by atoms with Gasteiger partial charge >= 0.3 is 5.97 Å². The lowest BCUT2D eigenvalue weighted by Gasteiger charge is -2.26. The summed E-state index contributed by atoms with van der Waals surface area (Å²) < 4.78 is 5.41. The van der Waals surface area contributed by atoms with Gasteiger partial charge in [-0.2, -0.15) is 5.26 Å². The Morgan fingerprint density at radius 3 is 2.69 bits per heavy atom. The molecule has 0 N–H and O–H groups in total. The normalized spacial score (nSPS) is 35.8. The molecule has 0 heterocycles. The van der Waals surface area contributed by atoms with Gasteiger partial charge in [0.05, 0.1) is 6.07 Å². The summed E-state index contributed by atoms with van der Waals surface area (Å²) in [5, 5.41) is 8.69. The molecule has 0 aromatic carbocycles. The number of rotatable bonds is 3. The Kier molecular flexibility index (Phi) is 3.00. The number of nitrogens with zero attached hydrogens (tertiary/aromatic N) is 1. The SMILES string of the molecule is C=C(C)C(=O)OC1CC2CC1CC2CC#N. The maximum absolute atomic E-state index is 11.4. The van der Waals surface area contributed by atoms with E-state index in [9.17, 15) is 4.79 Å². The zero-order chi connectivity index (χ0) is 11.7. The van der Waals surface area contributed by atoms with Crippen molar-refractivity contribution >= 4 is 5.97 Å². The lowest BCUT2D eigenvalue weighted by atomic mass is 9.85. The van der Waals surface area contributed by atoms with Gasteiger partial charge in [0.2, 0.25) is 0 Å². The van der Waals surface area contributed by atoms with Crippen LogP contribution >= 0.6 is 0 Å². The van der Waals surface area contributed by atoms with Gasteiger partial charge in [-0.25, -0.2) is 4.79 Å². The van der Waals surface area contributed by atoms with Crippen molar-refractivity contribution < 1.29 is 9.53 Å². The lowest BCUT2D eigenvalue weighted by Crippen LogP contribution is -2.27. The Morgan fingerprint density at radius 2 is 2.19 bits per heavy atom. The van der Waals surface area contributed by atoms with Gasteiger partial charge in [0.25, 0.3) is 0 Å². The Labute approximate surface area is 96.1 Å². The highest BCUT2D eigenvalue weighted by molar-refractivity contribution is 5.87. The topological polar surface area (TPSA) is 50.1 Å². The van der Waals surface area contributed by atoms with E-state index in [1.54, 1.807) is 6.92 Å². The van der Waals surface area contributed by atoms with Gasteiger partial charge in [-0.3, -0.25) is 0 Å². The average Bonchev–Trinajstić information content (AvgIpc) is 2.77. The first-order valence-electron chi connectivity index (χ1n) is 5.85. The summed E-state index contributed by atoms with van der Waals surface area (Å²) in [6, 6.07) is 2.25. The summed E-state index contributed by atoms with van der Waals surface area (Å²) in [7, 11) is 0. The molecule has 2 saturated carbocycles. The molecule has 86 valence electrons. The summed E-state index contributed by atoms with van der Waals surface area (Å²) >= 11 is 0. The van der Waals surface area contributed by atoms with E-state index in [1.807, 2.05) is 0 Å². The van der Waals surface area contributed by atoms with E-state index >= 15 is 0 Å². The molecule has 3 heteroatoms. The first kappa shape index (κ1) is 11.2. The molecule has 4 atom stereocenters. The summed E-state index contributed by atoms with van der Waals surface area (Å²) in [6.45, 7) is 5.26. The van der Waals surface area contributed by atoms with E-state index in [0.29, 0.717) is 29.7 Å². The Bertz CT molecular complexity index is 355. The third-order valence-corrected chi connectivity index (χ3v) is 3.90. The number of hydrogen-bond acceptors (Lipinski definition) is 3. The minimum atomic E-state index is -0.269. The van der Waals surface area contributed by atoms with Crippen LogP contribution < -0.4 is 0 Å². The van der Waals surface area contributed by atoms with Crippen molar-refractivity contribution in [1.29, 1.82) is 5.26 Å². The van der Waals surface area contributed by atoms with Crippen LogP contribution in [0, 0.1) is 29.1 Å². The van der Waals surface area contributed by atoms with Gasteiger partial charge in [-0.05, 0) is 43.9 Å². The fourth-order valence-electron chi connectivity index (χ4n) is 3.09. The monoisotopic (exact) mass is 219 g/mol. The molecule has 2 aliphatic rings. The zero-order valence-corrected chi connectivity index (χ0v) is 9.61. The van der Waals surface area contributed by atoms with E-state index in [4.69, 9.17) is 10.00 Å². The Balaban J connectivity index is 1.89. The van der Waals surface area contributed by atoms with Gasteiger partial charge in [0.1, 0.15) is 6.10 Å². The van der Waals surface area contributed by atoms with Crippen molar-refractivity contribution in [2.45, 2.75) is 38.7 Å². The van der Waals surface area contributed by atoms with Gasteiger partial charge in [0, 0.05) is 12.0 Å². The van der Waals surface area contributed by atoms with Crippen molar-refractivity contribution in [3.8, 4) is 6.07 Å². The minimum absolute atomic E-state index is 0.0733. The van der Waals surface area contributed by atoms with Crippen molar-refractivity contribution in [1.82, 2.24) is 0 Å². The van der Waals surface area contributed by atoms with Crippen LogP contribution in [0.15, 0.2) is 12.2 Å². The molecule has 0 saturated heterocycles. The zero-order valence-electron chi connectivity index (χ0n) is 9.61. The molecule has 0 aliphatic heterocycles. The number of nitriles is 1. The molecule has 0 radical (unpaired) electrons. The fraction of sp³-hybridized carbons (Fsp3) is 0.692. The molecular weight excluding hydrogens is 202 g/mol. The van der Waals surface area contributed by atoms with Crippen molar-refractivity contribution in [3.05, 3.63) is 12.2 Å². The van der Waals surface area contributed by atoms with E-state index in [2.05, 4.69) is 12.6 Å². The second kappa shape index (κ2) is 4.29. The van der Waals surface area contributed by atoms with Crippen LogP contribution in [0.25, 0.3) is 0 Å². The molecule has 2 bridgehead atoms. The maximum Gasteiger partial charge on any atom is 0.333 e. The maximum atomic E-state index is 11.4. The molecule has 0 spiro atoms. The largest absolute Gasteiger partial charge is 0.459 e. The summed E-state index contributed by atoms with van der Waals surface area (Å²) in [5.74, 6) is 1.34. The number of hydrogen-bond donors (Lipinski definition) is 0. The Morgan fingerprint density at radius 1 is 1.44 bits per heavy atom. The second-order valence-corrected chi connectivity index (χ2v) is 5.07. The van der Waals surface area contributed by atoms with E-state index < -0.39 is 0 Å². The smallest absolute Gasteiger partial charge is 0.333 e. The number of fused-ring (bicyclic) bond motifs is 2. The molecule has 16 heavy (non-hydrogen) atoms. The van der Waals surface area contributed by atoms with Gasteiger partial charge < -0.3 is 4.74 Å². The molecule has 2 rings (SSSR count). The van der Waals surface area contributed by atoms with Crippen LogP contribution in [0.1, 0.15) is 32.6 Å². The predicted molar refractivity (Wildman–Crippen MR) is 59.2 cm³/mol. The van der Waals surface area contributed by atoms with Crippen LogP contribution in [0.3, 0.4) is 0 Å². The molecule has 0 amide bonds. The first-order chi connectivity index (χ1) is 7.61. The van der Waals surface area contributed by atoms with Crippen LogP contribution in [-0.2, 0) is 9.53 Å². The molecular formula is C13H17NO2. The summed E-state index contributed by atoms with van der Waals surface area (Å²) in [4.78, 5) is 11.4. The molecule has 0 aromatic heterocycles. The Hall–Kier alpha value is -1.30. The molecule has 3 nitrogen and oxygen atoms in total. The molecule has 0 aromatic rings. The fourth-order valence-corrected chi connectivity index (χ4v) is 3.09. The highest BCUT2D eigenvalue weighted by Gasteiger charge is 2.47. The summed E-state index contributed by atoms with van der Waals surface area (Å²) in [5.41, 5.74) is 0.469. The van der Waals surface area contributed by atoms with E-state index in [1.165, 1.54) is 0 Å². The molecule has 2 fully saturated rings. The van der Waals surface area contributed by atoms with E-state index in [-0.39, 0.29) is 12.1 Å². The average molecular weight is 219 g/mol. The third kappa shape index (κ3) is 1.97. The quantitative estimate of drug-likeness (QED) is 0.541. The third-order valence-electron chi connectivity index (χ3n) is 3.90. The van der Waals surface area contributed by atoms with Crippen LogP contribution in [0.2, 0.25) is 0 Å². The number of carbonyl (C=O) groups excluding carboxylic acids is 1. The first-order valence-corrected chi connectivity index (χ1v) is 5.85. The highest BCUT2D eigenvalue weighted by atomic mass is 16.5. The van der Waals surface area contributed by atoms with Crippen molar-refractivity contribution in [2.24, 2.45) is 17.8 Å². The van der Waals surface area contributed by atoms with Crippen molar-refractivity contribution in [2.75, 3.05) is 0 Å². The van der Waals surface area contributed by atoms with Gasteiger partial charge in [0.15, 0.2) is 0 Å². The number of carbonyl (C=O) groups is 1. The van der Waals surface area contributed by atoms with Crippen LogP contribution in [-0.4, -0.2) is 12.1 Å². The molecule has 2 aliphatic carbocycles. The number of ether oxygens (including phenoxy) is 1. The van der Waals surface area contributed by atoms with E-state index in [0.717, 1.165) is 19.3 Å². The van der Waals surface area contributed by atoms with Gasteiger partial charge in [-0.15, -0.1) is 0 Å².